The Morgan fingerprint density at radius 1 is 1.20 bits per heavy atom. The van der Waals surface area contributed by atoms with Crippen LogP contribution in [0.25, 0.3) is 16.9 Å². The largest absolute Gasteiger partial charge is 0.379 e. The molecular weight excluding hydrogens is 420 g/mol. The van der Waals surface area contributed by atoms with Gasteiger partial charge in [-0.2, -0.15) is 4.31 Å². The summed E-state index contributed by atoms with van der Waals surface area (Å²) < 4.78 is 35.0. The Kier molecular flexibility index (Phi) is 5.97. The molecule has 4 rings (SSSR count). The summed E-state index contributed by atoms with van der Waals surface area (Å²) in [6.07, 6.45) is 0. The van der Waals surface area contributed by atoms with Gasteiger partial charge in [0.1, 0.15) is 0 Å². The quantitative estimate of drug-likeness (QED) is 0.625. The van der Waals surface area contributed by atoms with Gasteiger partial charge in [0.05, 0.1) is 23.8 Å². The summed E-state index contributed by atoms with van der Waals surface area (Å²) in [5.74, 6) is 0. The maximum Gasteiger partial charge on any atom is 0.243 e. The summed E-state index contributed by atoms with van der Waals surface area (Å²) >= 11 is 1.58. The molecule has 0 bridgehead atoms. The van der Waals surface area contributed by atoms with Gasteiger partial charge in [0.2, 0.25) is 10.0 Å². The van der Waals surface area contributed by atoms with Crippen LogP contribution < -0.4 is 5.32 Å². The van der Waals surface area contributed by atoms with Crippen molar-refractivity contribution in [3.8, 4) is 16.9 Å². The fraction of sp³-hybridized carbons (Fsp3) is 0.381. The number of anilines is 1. The molecule has 1 aromatic carbocycles. The molecule has 0 unspecified atom stereocenters. The number of sulfonamides is 1. The second-order valence-corrected chi connectivity index (χ2v) is 10.00. The zero-order valence-corrected chi connectivity index (χ0v) is 19.0. The second-order valence-electron chi connectivity index (χ2n) is 7.20. The molecule has 1 N–H and O–H groups in total. The van der Waals surface area contributed by atoms with Crippen molar-refractivity contribution in [2.45, 2.75) is 25.7 Å². The first-order valence-corrected chi connectivity index (χ1v) is 12.3. The Hall–Kier alpha value is -2.20. The summed E-state index contributed by atoms with van der Waals surface area (Å²) in [6, 6.07) is 9.25. The molecule has 160 valence electrons. The lowest BCUT2D eigenvalue weighted by atomic mass is 10.2. The van der Waals surface area contributed by atoms with Gasteiger partial charge in [-0.15, -0.1) is 11.3 Å². The highest BCUT2D eigenvalue weighted by molar-refractivity contribution is 7.89. The van der Waals surface area contributed by atoms with Gasteiger partial charge in [-0.05, 0) is 45.0 Å². The van der Waals surface area contributed by atoms with Crippen LogP contribution in [0.5, 0.6) is 0 Å². The maximum atomic E-state index is 13.1. The lowest BCUT2D eigenvalue weighted by molar-refractivity contribution is 0.0730. The van der Waals surface area contributed by atoms with Gasteiger partial charge < -0.3 is 14.6 Å². The average molecular weight is 447 g/mol. The molecule has 0 amide bonds. The highest BCUT2D eigenvalue weighted by Crippen LogP contribution is 2.32. The molecule has 1 fully saturated rings. The summed E-state index contributed by atoms with van der Waals surface area (Å²) in [6.45, 7) is 8.57. The molecule has 1 saturated heterocycles. The van der Waals surface area contributed by atoms with Crippen molar-refractivity contribution in [2.75, 3.05) is 38.2 Å². The van der Waals surface area contributed by atoms with Crippen LogP contribution in [-0.4, -0.2) is 55.1 Å². The molecule has 0 atom stereocenters. The van der Waals surface area contributed by atoms with E-state index in [2.05, 4.69) is 20.9 Å². The standard InChI is InChI=1S/C21H26N4O3S2/c1-4-22-21-23-20(14-29-21)19-12-15(2)25(16(19)3)17-6-5-7-18(13-17)30(26,27)24-8-10-28-11-9-24/h5-7,12-14H,4,8-11H2,1-3H3,(H,22,23). The molecule has 1 aliphatic heterocycles. The van der Waals surface area contributed by atoms with E-state index in [1.807, 2.05) is 32.2 Å². The fourth-order valence-electron chi connectivity index (χ4n) is 3.77. The number of aryl methyl sites for hydroxylation is 1. The minimum Gasteiger partial charge on any atom is -0.379 e. The summed E-state index contributed by atoms with van der Waals surface area (Å²) in [4.78, 5) is 4.98. The zero-order chi connectivity index (χ0) is 21.3. The van der Waals surface area contributed by atoms with Crippen LogP contribution in [0.1, 0.15) is 18.3 Å². The minimum atomic E-state index is -3.55. The van der Waals surface area contributed by atoms with Gasteiger partial charge in [-0.25, -0.2) is 13.4 Å². The van der Waals surface area contributed by atoms with Crippen molar-refractivity contribution in [3.05, 3.63) is 47.1 Å². The third kappa shape index (κ3) is 3.90. The van der Waals surface area contributed by atoms with Crippen molar-refractivity contribution < 1.29 is 13.2 Å². The number of morpholine rings is 1. The summed E-state index contributed by atoms with van der Waals surface area (Å²) in [5, 5.41) is 6.19. The molecule has 0 spiro atoms. The zero-order valence-electron chi connectivity index (χ0n) is 17.4. The van der Waals surface area contributed by atoms with Gasteiger partial charge in [0, 0.05) is 47.7 Å². The van der Waals surface area contributed by atoms with E-state index in [4.69, 9.17) is 4.74 Å². The minimum absolute atomic E-state index is 0.305. The van der Waals surface area contributed by atoms with E-state index in [1.165, 1.54) is 4.31 Å². The van der Waals surface area contributed by atoms with Crippen LogP contribution in [-0.2, 0) is 14.8 Å². The number of rotatable bonds is 6. The number of hydrogen-bond donors (Lipinski definition) is 1. The molecular formula is C21H26N4O3S2. The average Bonchev–Trinajstić information content (AvgIpc) is 3.33. The number of nitrogens with one attached hydrogen (secondary N) is 1. The molecule has 30 heavy (non-hydrogen) atoms. The third-order valence-electron chi connectivity index (χ3n) is 5.22. The van der Waals surface area contributed by atoms with Crippen molar-refractivity contribution in [2.24, 2.45) is 0 Å². The molecule has 0 radical (unpaired) electrons. The Morgan fingerprint density at radius 3 is 2.70 bits per heavy atom. The van der Waals surface area contributed by atoms with E-state index in [-0.39, 0.29) is 0 Å². The van der Waals surface area contributed by atoms with Gasteiger partial charge in [0.15, 0.2) is 5.13 Å². The Bertz CT molecular complexity index is 1140. The Balaban J connectivity index is 1.71. The van der Waals surface area contributed by atoms with Crippen LogP contribution >= 0.6 is 11.3 Å². The molecule has 1 aliphatic rings. The maximum absolute atomic E-state index is 13.1. The van der Waals surface area contributed by atoms with E-state index in [1.54, 1.807) is 29.5 Å². The third-order valence-corrected chi connectivity index (χ3v) is 7.92. The van der Waals surface area contributed by atoms with Crippen LogP contribution in [0.3, 0.4) is 0 Å². The molecule has 9 heteroatoms. The lowest BCUT2D eigenvalue weighted by Crippen LogP contribution is -2.40. The van der Waals surface area contributed by atoms with E-state index in [9.17, 15) is 8.42 Å². The predicted molar refractivity (Wildman–Crippen MR) is 120 cm³/mol. The number of hydrogen-bond acceptors (Lipinski definition) is 6. The molecule has 2 aromatic heterocycles. The van der Waals surface area contributed by atoms with E-state index < -0.39 is 10.0 Å². The van der Waals surface area contributed by atoms with Crippen LogP contribution in [0.15, 0.2) is 40.6 Å². The first-order chi connectivity index (χ1) is 14.4. The van der Waals surface area contributed by atoms with E-state index in [0.717, 1.165) is 40.0 Å². The van der Waals surface area contributed by atoms with Crippen molar-refractivity contribution in [1.82, 2.24) is 13.9 Å². The Labute approximate surface area is 181 Å². The molecule has 0 saturated carbocycles. The van der Waals surface area contributed by atoms with Gasteiger partial charge in [0.25, 0.3) is 0 Å². The molecule has 7 nitrogen and oxygen atoms in total. The predicted octanol–water partition coefficient (Wildman–Crippen LogP) is 3.67. The topological polar surface area (TPSA) is 76.5 Å². The molecule has 0 aliphatic carbocycles. The number of ether oxygens (including phenoxy) is 1. The monoisotopic (exact) mass is 446 g/mol. The van der Waals surface area contributed by atoms with Crippen molar-refractivity contribution >= 4 is 26.5 Å². The normalized spacial score (nSPS) is 15.4. The highest BCUT2D eigenvalue weighted by Gasteiger charge is 2.27. The molecule has 3 aromatic rings. The number of nitrogens with zero attached hydrogens (tertiary/aromatic N) is 3. The number of benzene rings is 1. The number of thiazole rings is 1. The first-order valence-electron chi connectivity index (χ1n) is 9.99. The van der Waals surface area contributed by atoms with E-state index in [0.29, 0.717) is 31.2 Å². The smallest absolute Gasteiger partial charge is 0.243 e. The van der Waals surface area contributed by atoms with Crippen LogP contribution in [0.2, 0.25) is 0 Å². The van der Waals surface area contributed by atoms with Crippen LogP contribution in [0.4, 0.5) is 5.13 Å². The summed E-state index contributed by atoms with van der Waals surface area (Å²) in [7, 11) is -3.55. The number of aromatic nitrogens is 2. The van der Waals surface area contributed by atoms with Crippen molar-refractivity contribution in [3.63, 3.8) is 0 Å². The van der Waals surface area contributed by atoms with Crippen LogP contribution in [0, 0.1) is 13.8 Å². The van der Waals surface area contributed by atoms with Gasteiger partial charge in [-0.1, -0.05) is 6.07 Å². The van der Waals surface area contributed by atoms with Crippen molar-refractivity contribution in [1.29, 1.82) is 0 Å². The Morgan fingerprint density at radius 2 is 1.97 bits per heavy atom. The fourth-order valence-corrected chi connectivity index (χ4v) is 6.00. The summed E-state index contributed by atoms with van der Waals surface area (Å²) in [5.41, 5.74) is 4.86. The molecule has 3 heterocycles. The highest BCUT2D eigenvalue weighted by atomic mass is 32.2. The lowest BCUT2D eigenvalue weighted by Gasteiger charge is -2.26. The SMILES string of the molecule is CCNc1nc(-c2cc(C)n(-c3cccc(S(=O)(=O)N4CCOCC4)c3)c2C)cs1. The second kappa shape index (κ2) is 8.50. The van der Waals surface area contributed by atoms with Gasteiger partial charge in [-0.3, -0.25) is 0 Å². The first kappa shape index (κ1) is 21.0. The van der Waals surface area contributed by atoms with Gasteiger partial charge >= 0.3 is 0 Å². The van der Waals surface area contributed by atoms with E-state index >= 15 is 0 Å².